The van der Waals surface area contributed by atoms with E-state index in [1.54, 1.807) is 0 Å². The van der Waals surface area contributed by atoms with Crippen molar-refractivity contribution in [3.63, 3.8) is 0 Å². The Morgan fingerprint density at radius 3 is 1.92 bits per heavy atom. The van der Waals surface area contributed by atoms with E-state index in [9.17, 15) is 15.2 Å². The van der Waals surface area contributed by atoms with Gasteiger partial charge in [-0.2, -0.15) is 5.26 Å². The fourth-order valence-electron chi connectivity index (χ4n) is 5.78. The van der Waals surface area contributed by atoms with Crippen LogP contribution in [0, 0.1) is 11.3 Å². The minimum atomic E-state index is -1.18. The van der Waals surface area contributed by atoms with E-state index in [-0.39, 0.29) is 11.0 Å². The lowest BCUT2D eigenvalue weighted by atomic mass is 9.70. The summed E-state index contributed by atoms with van der Waals surface area (Å²) in [4.78, 5) is 14.1. The summed E-state index contributed by atoms with van der Waals surface area (Å²) in [6.07, 6.45) is 13.0. The highest BCUT2D eigenvalue weighted by molar-refractivity contribution is 5.96. The van der Waals surface area contributed by atoms with Crippen LogP contribution in [0.25, 0.3) is 17.2 Å². The first-order chi connectivity index (χ1) is 17.9. The van der Waals surface area contributed by atoms with Gasteiger partial charge in [-0.3, -0.25) is 0 Å². The minimum absolute atomic E-state index is 0.0895. The molecule has 0 radical (unpaired) electrons. The highest BCUT2D eigenvalue weighted by atomic mass is 16.4. The van der Waals surface area contributed by atoms with Gasteiger partial charge in [-0.05, 0) is 71.7 Å². The normalized spacial score (nSPS) is 13.6. The van der Waals surface area contributed by atoms with Crippen molar-refractivity contribution in [1.82, 2.24) is 0 Å². The molecule has 0 aliphatic heterocycles. The monoisotopic (exact) mass is 500 g/mol. The molecular formula is C33H44N2O2. The van der Waals surface area contributed by atoms with Crippen molar-refractivity contribution < 1.29 is 9.90 Å². The molecule has 0 spiro atoms. The predicted molar refractivity (Wildman–Crippen MR) is 155 cm³/mol. The molecule has 1 aliphatic carbocycles. The van der Waals surface area contributed by atoms with Crippen LogP contribution in [-0.2, 0) is 10.2 Å². The Balaban J connectivity index is 2.19. The molecule has 2 aromatic carbocycles. The van der Waals surface area contributed by atoms with E-state index in [1.807, 2.05) is 12.1 Å². The van der Waals surface area contributed by atoms with Crippen LogP contribution in [0.5, 0.6) is 0 Å². The van der Waals surface area contributed by atoms with Crippen molar-refractivity contribution in [2.24, 2.45) is 0 Å². The Kier molecular flexibility index (Phi) is 10.4. The summed E-state index contributed by atoms with van der Waals surface area (Å²) >= 11 is 0. The lowest BCUT2D eigenvalue weighted by Gasteiger charge is -2.34. The molecule has 0 aromatic heterocycles. The SMILES string of the molecule is CCCCN(CCCC)c1ccc2c(c1)C(CCCC)(CCCC)c1cc(/C=C(\C#N)C(=O)O)ccc1-2. The first-order valence-electron chi connectivity index (χ1n) is 14.3. The Morgan fingerprint density at radius 2 is 1.41 bits per heavy atom. The first kappa shape index (κ1) is 28.5. The zero-order valence-electron chi connectivity index (χ0n) is 23.3. The van der Waals surface area contributed by atoms with Crippen molar-refractivity contribution >= 4 is 17.7 Å². The molecule has 4 heteroatoms. The Morgan fingerprint density at radius 1 is 0.865 bits per heavy atom. The second kappa shape index (κ2) is 13.5. The summed E-state index contributed by atoms with van der Waals surface area (Å²) in [6, 6.07) is 15.2. The number of hydrogen-bond acceptors (Lipinski definition) is 3. The maximum absolute atomic E-state index is 11.5. The molecule has 0 unspecified atom stereocenters. The van der Waals surface area contributed by atoms with Crippen LogP contribution >= 0.6 is 0 Å². The van der Waals surface area contributed by atoms with E-state index < -0.39 is 5.97 Å². The highest BCUT2D eigenvalue weighted by Crippen LogP contribution is 2.55. The highest BCUT2D eigenvalue weighted by Gasteiger charge is 2.42. The van der Waals surface area contributed by atoms with Gasteiger partial charge >= 0.3 is 5.97 Å². The summed E-state index contributed by atoms with van der Waals surface area (Å²) in [7, 11) is 0. The summed E-state index contributed by atoms with van der Waals surface area (Å²) in [5.74, 6) is -1.18. The predicted octanol–water partition coefficient (Wildman–Crippen LogP) is 8.73. The molecule has 0 atom stereocenters. The number of carbonyl (C=O) groups is 1. The average Bonchev–Trinajstić information content (AvgIpc) is 3.17. The van der Waals surface area contributed by atoms with E-state index in [0.29, 0.717) is 0 Å². The van der Waals surface area contributed by atoms with E-state index in [4.69, 9.17) is 0 Å². The van der Waals surface area contributed by atoms with Crippen LogP contribution in [0.15, 0.2) is 42.0 Å². The zero-order chi connectivity index (χ0) is 26.8. The standard InChI is InChI=1S/C33H44N2O2/c1-5-9-17-33(18-10-6-2)30-22-25(21-26(24-34)32(36)37)13-15-28(30)29-16-14-27(23-31(29)33)35(19-11-7-3)20-12-8-4/h13-16,21-23H,5-12,17-20H2,1-4H3,(H,36,37)/b26-21+. The maximum atomic E-state index is 11.5. The number of aliphatic carboxylic acids is 1. The molecule has 37 heavy (non-hydrogen) atoms. The molecule has 1 aliphatic rings. The van der Waals surface area contributed by atoms with Crippen molar-refractivity contribution in [1.29, 1.82) is 5.26 Å². The number of benzene rings is 2. The van der Waals surface area contributed by atoms with Gasteiger partial charge in [0.1, 0.15) is 11.6 Å². The Hall–Kier alpha value is -3.06. The number of unbranched alkanes of at least 4 members (excludes halogenated alkanes) is 4. The fraction of sp³-hybridized carbons (Fsp3) is 0.515. The van der Waals surface area contributed by atoms with E-state index in [1.165, 1.54) is 59.7 Å². The molecule has 0 heterocycles. The molecule has 0 fully saturated rings. The van der Waals surface area contributed by atoms with Crippen LogP contribution in [0.1, 0.15) is 109 Å². The van der Waals surface area contributed by atoms with E-state index >= 15 is 0 Å². The number of rotatable bonds is 15. The molecule has 3 rings (SSSR count). The largest absolute Gasteiger partial charge is 0.477 e. The number of anilines is 1. The quantitative estimate of drug-likeness (QED) is 0.196. The Bertz CT molecular complexity index is 1130. The summed E-state index contributed by atoms with van der Waals surface area (Å²) in [5.41, 5.74) is 7.09. The topological polar surface area (TPSA) is 64.3 Å². The summed E-state index contributed by atoms with van der Waals surface area (Å²) in [6.45, 7) is 11.2. The van der Waals surface area contributed by atoms with Crippen molar-refractivity contribution in [3.05, 3.63) is 58.7 Å². The van der Waals surface area contributed by atoms with Crippen LogP contribution in [0.4, 0.5) is 5.69 Å². The molecular weight excluding hydrogens is 456 g/mol. The van der Waals surface area contributed by atoms with Gasteiger partial charge in [-0.25, -0.2) is 4.79 Å². The smallest absolute Gasteiger partial charge is 0.346 e. The van der Waals surface area contributed by atoms with Gasteiger partial charge in [-0.15, -0.1) is 0 Å². The summed E-state index contributed by atoms with van der Waals surface area (Å²) in [5, 5.41) is 18.7. The van der Waals surface area contributed by atoms with Gasteiger partial charge in [0.25, 0.3) is 0 Å². The third-order valence-electron chi connectivity index (χ3n) is 7.87. The lowest BCUT2D eigenvalue weighted by Crippen LogP contribution is -2.28. The third kappa shape index (κ3) is 6.27. The molecule has 0 amide bonds. The van der Waals surface area contributed by atoms with Gasteiger partial charge in [-0.1, -0.05) is 90.5 Å². The number of fused-ring (bicyclic) bond motifs is 3. The molecule has 1 N–H and O–H groups in total. The number of carboxylic acid groups (broad SMARTS) is 1. The van der Waals surface area contributed by atoms with Crippen molar-refractivity contribution in [2.75, 3.05) is 18.0 Å². The van der Waals surface area contributed by atoms with Crippen LogP contribution in [0.2, 0.25) is 0 Å². The van der Waals surface area contributed by atoms with Gasteiger partial charge in [0.2, 0.25) is 0 Å². The number of nitrogens with zero attached hydrogens (tertiary/aromatic N) is 2. The minimum Gasteiger partial charge on any atom is -0.477 e. The second-order valence-electron chi connectivity index (χ2n) is 10.5. The van der Waals surface area contributed by atoms with Gasteiger partial charge < -0.3 is 10.0 Å². The third-order valence-corrected chi connectivity index (χ3v) is 7.87. The molecule has 2 aromatic rings. The average molecular weight is 501 g/mol. The van der Waals surface area contributed by atoms with Crippen molar-refractivity contribution in [3.8, 4) is 17.2 Å². The van der Waals surface area contributed by atoms with Crippen LogP contribution < -0.4 is 4.90 Å². The van der Waals surface area contributed by atoms with E-state index in [2.05, 4.69) is 62.9 Å². The van der Waals surface area contributed by atoms with Gasteiger partial charge in [0.15, 0.2) is 0 Å². The number of nitriles is 1. The Labute approximate surface area is 224 Å². The zero-order valence-corrected chi connectivity index (χ0v) is 23.3. The molecule has 0 saturated carbocycles. The lowest BCUT2D eigenvalue weighted by molar-refractivity contribution is -0.132. The maximum Gasteiger partial charge on any atom is 0.346 e. The van der Waals surface area contributed by atoms with Gasteiger partial charge in [0.05, 0.1) is 0 Å². The second-order valence-corrected chi connectivity index (χ2v) is 10.5. The van der Waals surface area contributed by atoms with E-state index in [0.717, 1.165) is 57.2 Å². The molecule has 198 valence electrons. The first-order valence-corrected chi connectivity index (χ1v) is 14.3. The number of hydrogen-bond donors (Lipinski definition) is 1. The molecule has 0 bridgehead atoms. The van der Waals surface area contributed by atoms with Crippen LogP contribution in [-0.4, -0.2) is 24.2 Å². The van der Waals surface area contributed by atoms with Crippen LogP contribution in [0.3, 0.4) is 0 Å². The van der Waals surface area contributed by atoms with Gasteiger partial charge in [0, 0.05) is 24.2 Å². The van der Waals surface area contributed by atoms with Crippen molar-refractivity contribution in [2.45, 2.75) is 97.3 Å². The molecule has 4 nitrogen and oxygen atoms in total. The number of carboxylic acids is 1. The fourth-order valence-corrected chi connectivity index (χ4v) is 5.78. The summed E-state index contributed by atoms with van der Waals surface area (Å²) < 4.78 is 0. The molecule has 0 saturated heterocycles.